The molecule has 0 unspecified atom stereocenters. The third-order valence-electron chi connectivity index (χ3n) is 5.41. The summed E-state index contributed by atoms with van der Waals surface area (Å²) in [4.78, 5) is 0. The molecule has 0 N–H and O–H groups in total. The number of hydrogen-bond donors (Lipinski definition) is 0. The summed E-state index contributed by atoms with van der Waals surface area (Å²) >= 11 is 0. The van der Waals surface area contributed by atoms with E-state index in [-0.39, 0.29) is 5.41 Å². The molecule has 21 heavy (non-hydrogen) atoms. The fourth-order valence-electron chi connectivity index (χ4n) is 4.12. The van der Waals surface area contributed by atoms with Crippen molar-refractivity contribution in [3.63, 3.8) is 0 Å². The van der Waals surface area contributed by atoms with E-state index in [4.69, 9.17) is 0 Å². The van der Waals surface area contributed by atoms with E-state index in [1.54, 1.807) is 11.1 Å². The van der Waals surface area contributed by atoms with E-state index in [0.717, 1.165) is 25.7 Å². The van der Waals surface area contributed by atoms with Crippen LogP contribution >= 0.6 is 0 Å². The van der Waals surface area contributed by atoms with E-state index in [1.165, 1.54) is 22.3 Å². The van der Waals surface area contributed by atoms with Crippen LogP contribution < -0.4 is 0 Å². The van der Waals surface area contributed by atoms with Gasteiger partial charge in [0.15, 0.2) is 0 Å². The van der Waals surface area contributed by atoms with Gasteiger partial charge in [0.1, 0.15) is 0 Å². The smallest absolute Gasteiger partial charge is 0.0284 e. The third kappa shape index (κ3) is 1.68. The highest BCUT2D eigenvalue weighted by Crippen LogP contribution is 2.55. The molecule has 0 aliphatic heterocycles. The van der Waals surface area contributed by atoms with Crippen molar-refractivity contribution in [2.24, 2.45) is 0 Å². The normalized spacial score (nSPS) is 17.2. The Hall–Kier alpha value is -1.82. The van der Waals surface area contributed by atoms with Crippen LogP contribution in [0, 0.1) is 0 Å². The monoisotopic (exact) mass is 274 g/mol. The van der Waals surface area contributed by atoms with Gasteiger partial charge >= 0.3 is 0 Å². The lowest BCUT2D eigenvalue weighted by atomic mass is 9.75. The molecular weight excluding hydrogens is 252 g/mol. The Morgan fingerprint density at radius 3 is 1.67 bits per heavy atom. The molecule has 2 aliphatic rings. The molecule has 0 radical (unpaired) electrons. The summed E-state index contributed by atoms with van der Waals surface area (Å²) in [7, 11) is 0. The highest BCUT2D eigenvalue weighted by Gasteiger charge is 2.43. The van der Waals surface area contributed by atoms with Crippen molar-refractivity contribution in [1.29, 1.82) is 0 Å². The lowest BCUT2D eigenvalue weighted by Gasteiger charge is -2.27. The molecule has 106 valence electrons. The second kappa shape index (κ2) is 4.59. The Bertz CT molecular complexity index is 670. The molecule has 0 amide bonds. The molecule has 0 saturated heterocycles. The molecule has 4 rings (SSSR count). The van der Waals surface area contributed by atoms with Gasteiger partial charge in [0.25, 0.3) is 0 Å². The lowest BCUT2D eigenvalue weighted by Crippen LogP contribution is -2.21. The van der Waals surface area contributed by atoms with Gasteiger partial charge in [-0.15, -0.1) is 0 Å². The summed E-state index contributed by atoms with van der Waals surface area (Å²) in [6.07, 6.45) is 9.30. The SMILES string of the molecule is CCc1ccc2c(c1)C1(CC=CC1)c1cc(CC)ccc1-2. The average molecular weight is 274 g/mol. The van der Waals surface area contributed by atoms with Gasteiger partial charge in [-0.3, -0.25) is 0 Å². The van der Waals surface area contributed by atoms with Crippen molar-refractivity contribution >= 4 is 0 Å². The first-order valence-corrected chi connectivity index (χ1v) is 8.20. The van der Waals surface area contributed by atoms with Gasteiger partial charge < -0.3 is 0 Å². The predicted octanol–water partition coefficient (Wildman–Crippen LogP) is 5.43. The summed E-state index contributed by atoms with van der Waals surface area (Å²) in [5.41, 5.74) is 9.21. The molecule has 0 heteroatoms. The third-order valence-corrected chi connectivity index (χ3v) is 5.41. The summed E-state index contributed by atoms with van der Waals surface area (Å²) in [5, 5.41) is 0. The van der Waals surface area contributed by atoms with Crippen LogP contribution in [0.1, 0.15) is 48.9 Å². The molecule has 0 fully saturated rings. The van der Waals surface area contributed by atoms with Crippen molar-refractivity contribution in [1.82, 2.24) is 0 Å². The molecule has 2 aromatic carbocycles. The molecule has 0 heterocycles. The molecular formula is C21H22. The predicted molar refractivity (Wildman–Crippen MR) is 89.8 cm³/mol. The number of rotatable bonds is 2. The minimum Gasteiger partial charge on any atom is -0.0873 e. The van der Waals surface area contributed by atoms with Gasteiger partial charge in [-0.05, 0) is 59.1 Å². The molecule has 2 aliphatic carbocycles. The van der Waals surface area contributed by atoms with Crippen molar-refractivity contribution in [2.75, 3.05) is 0 Å². The van der Waals surface area contributed by atoms with Crippen LogP contribution in [-0.2, 0) is 18.3 Å². The maximum atomic E-state index is 2.47. The number of allylic oxidation sites excluding steroid dienone is 2. The van der Waals surface area contributed by atoms with Crippen LogP contribution in [0.2, 0.25) is 0 Å². The van der Waals surface area contributed by atoms with Gasteiger partial charge in [0.2, 0.25) is 0 Å². The van der Waals surface area contributed by atoms with E-state index in [9.17, 15) is 0 Å². The zero-order valence-corrected chi connectivity index (χ0v) is 12.9. The van der Waals surface area contributed by atoms with Crippen LogP contribution in [0.5, 0.6) is 0 Å². The van der Waals surface area contributed by atoms with Gasteiger partial charge in [-0.25, -0.2) is 0 Å². The van der Waals surface area contributed by atoms with Crippen LogP contribution in [0.15, 0.2) is 48.6 Å². The number of hydrogen-bond acceptors (Lipinski definition) is 0. The van der Waals surface area contributed by atoms with E-state index in [0.29, 0.717) is 0 Å². The lowest BCUT2D eigenvalue weighted by molar-refractivity contribution is 0.571. The van der Waals surface area contributed by atoms with E-state index >= 15 is 0 Å². The van der Waals surface area contributed by atoms with Gasteiger partial charge in [0, 0.05) is 5.41 Å². The number of fused-ring (bicyclic) bond motifs is 5. The van der Waals surface area contributed by atoms with Crippen LogP contribution in [0.4, 0.5) is 0 Å². The summed E-state index contributed by atoms with van der Waals surface area (Å²) in [5.74, 6) is 0. The fourth-order valence-corrected chi connectivity index (χ4v) is 4.12. The molecule has 0 atom stereocenters. The largest absolute Gasteiger partial charge is 0.0873 e. The number of benzene rings is 2. The average Bonchev–Trinajstić information content (AvgIpc) is 3.13. The van der Waals surface area contributed by atoms with Crippen LogP contribution in [0.3, 0.4) is 0 Å². The van der Waals surface area contributed by atoms with Gasteiger partial charge in [-0.1, -0.05) is 62.4 Å². The van der Waals surface area contributed by atoms with Crippen molar-refractivity contribution in [3.05, 3.63) is 70.8 Å². The van der Waals surface area contributed by atoms with Crippen molar-refractivity contribution in [3.8, 4) is 11.1 Å². The molecule has 0 bridgehead atoms. The maximum Gasteiger partial charge on any atom is 0.0284 e. The Morgan fingerprint density at radius 2 is 1.24 bits per heavy atom. The van der Waals surface area contributed by atoms with Gasteiger partial charge in [0.05, 0.1) is 0 Å². The standard InChI is InChI=1S/C21H22/c1-3-15-7-9-17-18-10-8-16(4-2)14-20(18)21(19(17)13-15)11-5-6-12-21/h5-10,13-14H,3-4,11-12H2,1-2H3. The summed E-state index contributed by atoms with van der Waals surface area (Å²) < 4.78 is 0. The van der Waals surface area contributed by atoms with Crippen LogP contribution in [-0.4, -0.2) is 0 Å². The highest BCUT2D eigenvalue weighted by molar-refractivity contribution is 5.82. The fraction of sp³-hybridized carbons (Fsp3) is 0.333. The van der Waals surface area contributed by atoms with E-state index in [2.05, 4.69) is 62.4 Å². The zero-order chi connectivity index (χ0) is 14.4. The van der Waals surface area contributed by atoms with Crippen molar-refractivity contribution < 1.29 is 0 Å². The molecule has 0 nitrogen and oxygen atoms in total. The quantitative estimate of drug-likeness (QED) is 0.641. The topological polar surface area (TPSA) is 0 Å². The molecule has 0 aromatic heterocycles. The minimum atomic E-state index is 0.223. The minimum absolute atomic E-state index is 0.223. The maximum absolute atomic E-state index is 2.47. The van der Waals surface area contributed by atoms with Crippen LogP contribution in [0.25, 0.3) is 11.1 Å². The molecule has 2 aromatic rings. The van der Waals surface area contributed by atoms with Gasteiger partial charge in [-0.2, -0.15) is 0 Å². The first-order valence-electron chi connectivity index (χ1n) is 8.20. The first kappa shape index (κ1) is 12.9. The van der Waals surface area contributed by atoms with E-state index in [1.807, 2.05) is 0 Å². The first-order chi connectivity index (χ1) is 10.3. The zero-order valence-electron chi connectivity index (χ0n) is 12.9. The molecule has 1 spiro atoms. The van der Waals surface area contributed by atoms with Crippen molar-refractivity contribution in [2.45, 2.75) is 44.9 Å². The Kier molecular flexibility index (Phi) is 2.82. The second-order valence-electron chi connectivity index (χ2n) is 6.43. The Morgan fingerprint density at radius 1 is 0.762 bits per heavy atom. The second-order valence-corrected chi connectivity index (χ2v) is 6.43. The molecule has 0 saturated carbocycles. The highest BCUT2D eigenvalue weighted by atomic mass is 14.5. The summed E-state index contributed by atoms with van der Waals surface area (Å²) in [6.45, 7) is 4.50. The Labute approximate surface area is 127 Å². The van der Waals surface area contributed by atoms with E-state index < -0.39 is 0 Å². The Balaban J connectivity index is 1.99. The summed E-state index contributed by atoms with van der Waals surface area (Å²) in [6, 6.07) is 14.2. The number of aryl methyl sites for hydroxylation is 2.